The van der Waals surface area contributed by atoms with Gasteiger partial charge < -0.3 is 20.7 Å². The van der Waals surface area contributed by atoms with Crippen molar-refractivity contribution in [2.75, 3.05) is 13.1 Å². The van der Waals surface area contributed by atoms with Gasteiger partial charge in [-0.25, -0.2) is 4.98 Å². The molecule has 192 valence electrons. The monoisotopic (exact) mass is 506 g/mol. The van der Waals surface area contributed by atoms with E-state index in [4.69, 9.17) is 4.74 Å². The van der Waals surface area contributed by atoms with Crippen molar-refractivity contribution in [2.24, 2.45) is 0 Å². The molecule has 3 N–H and O–H groups in total. The topological polar surface area (TPSA) is 75.3 Å². The van der Waals surface area contributed by atoms with Crippen LogP contribution < -0.4 is 20.7 Å². The lowest BCUT2D eigenvalue weighted by Gasteiger charge is -2.28. The van der Waals surface area contributed by atoms with E-state index in [9.17, 15) is 4.79 Å². The van der Waals surface area contributed by atoms with Crippen molar-refractivity contribution >= 4 is 17.2 Å². The Morgan fingerprint density at radius 2 is 2.06 bits per heavy atom. The number of ether oxygens (including phenoxy) is 1. The summed E-state index contributed by atoms with van der Waals surface area (Å²) in [6.45, 7) is 11.0. The minimum absolute atomic E-state index is 0.0947. The Kier molecular flexibility index (Phi) is 9.13. The third-order valence-electron chi connectivity index (χ3n) is 6.73. The van der Waals surface area contributed by atoms with Crippen LogP contribution in [-0.4, -0.2) is 36.1 Å². The van der Waals surface area contributed by atoms with Gasteiger partial charge in [-0.1, -0.05) is 44.5 Å². The van der Waals surface area contributed by atoms with Crippen LogP contribution >= 0.6 is 11.3 Å². The molecule has 6 nitrogen and oxygen atoms in total. The first-order valence-corrected chi connectivity index (χ1v) is 13.9. The van der Waals surface area contributed by atoms with E-state index in [1.807, 2.05) is 44.3 Å². The molecule has 1 aliphatic rings. The average Bonchev–Trinajstić information content (AvgIpc) is 3.34. The Bertz CT molecular complexity index is 1160. The molecule has 4 rings (SSSR count). The Balaban J connectivity index is 1.40. The first-order chi connectivity index (χ1) is 17.5. The lowest BCUT2D eigenvalue weighted by atomic mass is 10.0. The second-order valence-electron chi connectivity index (χ2n) is 9.60. The highest BCUT2D eigenvalue weighted by Crippen LogP contribution is 2.28. The van der Waals surface area contributed by atoms with Gasteiger partial charge in [-0.15, -0.1) is 11.3 Å². The molecule has 1 aromatic heterocycles. The van der Waals surface area contributed by atoms with Gasteiger partial charge in [0.05, 0.1) is 6.04 Å². The van der Waals surface area contributed by atoms with Crippen LogP contribution in [0.25, 0.3) is 10.6 Å². The van der Waals surface area contributed by atoms with Gasteiger partial charge in [-0.05, 0) is 56.0 Å². The van der Waals surface area contributed by atoms with E-state index >= 15 is 0 Å². The number of aromatic nitrogens is 1. The molecule has 2 aromatic carbocycles. The van der Waals surface area contributed by atoms with Crippen molar-refractivity contribution in [3.63, 3.8) is 0 Å². The Morgan fingerprint density at radius 1 is 1.22 bits per heavy atom. The predicted molar refractivity (Wildman–Crippen MR) is 148 cm³/mol. The number of nitrogens with zero attached hydrogens (tertiary/aromatic N) is 1. The van der Waals surface area contributed by atoms with E-state index in [0.717, 1.165) is 53.5 Å². The van der Waals surface area contributed by atoms with Crippen LogP contribution in [0.3, 0.4) is 0 Å². The lowest BCUT2D eigenvalue weighted by Crippen LogP contribution is -2.50. The normalized spacial score (nSPS) is 15.2. The summed E-state index contributed by atoms with van der Waals surface area (Å²) in [5.41, 5.74) is 3.70. The third kappa shape index (κ3) is 6.72. The summed E-state index contributed by atoms with van der Waals surface area (Å²) in [5.74, 6) is 0.642. The molecule has 2 heterocycles. The Hall–Kier alpha value is -2.74. The van der Waals surface area contributed by atoms with Gasteiger partial charge in [0.25, 0.3) is 5.91 Å². The quantitative estimate of drug-likeness (QED) is 0.297. The van der Waals surface area contributed by atoms with Crippen LogP contribution in [0.5, 0.6) is 5.75 Å². The summed E-state index contributed by atoms with van der Waals surface area (Å²) in [4.78, 5) is 19.0. The molecule has 0 radical (unpaired) electrons. The van der Waals surface area contributed by atoms with Gasteiger partial charge >= 0.3 is 0 Å². The molecule has 1 saturated heterocycles. The van der Waals surface area contributed by atoms with E-state index in [2.05, 4.69) is 53.0 Å². The fraction of sp³-hybridized carbons (Fsp3) is 0.448. The molecule has 1 aliphatic heterocycles. The van der Waals surface area contributed by atoms with E-state index in [1.54, 1.807) is 11.3 Å². The maximum Gasteiger partial charge on any atom is 0.252 e. The molecule has 2 atom stereocenters. The van der Waals surface area contributed by atoms with Crippen molar-refractivity contribution in [1.82, 2.24) is 20.9 Å². The SMILES string of the molecule is CCCC(CC)NCc1cnc(-c2cccc(C(C)NC(=O)c3cc(OC4CNC4)ccc3C)c2)s1. The number of nitrogens with one attached hydrogen (secondary N) is 3. The van der Waals surface area contributed by atoms with Gasteiger partial charge in [-0.3, -0.25) is 4.79 Å². The van der Waals surface area contributed by atoms with Crippen LogP contribution in [0.1, 0.15) is 72.4 Å². The first kappa shape index (κ1) is 26.3. The van der Waals surface area contributed by atoms with Crippen molar-refractivity contribution < 1.29 is 9.53 Å². The molecular formula is C29H38N4O2S. The first-order valence-electron chi connectivity index (χ1n) is 13.0. The summed E-state index contributed by atoms with van der Waals surface area (Å²) in [6, 6.07) is 14.4. The summed E-state index contributed by atoms with van der Waals surface area (Å²) >= 11 is 1.72. The molecule has 0 spiro atoms. The average molecular weight is 507 g/mol. The second-order valence-corrected chi connectivity index (χ2v) is 10.7. The number of thiazole rings is 1. The van der Waals surface area contributed by atoms with E-state index < -0.39 is 0 Å². The summed E-state index contributed by atoms with van der Waals surface area (Å²) in [5, 5.41) is 11.0. The molecule has 0 saturated carbocycles. The largest absolute Gasteiger partial charge is 0.488 e. The van der Waals surface area contributed by atoms with E-state index in [0.29, 0.717) is 11.6 Å². The van der Waals surface area contributed by atoms with Gasteiger partial charge in [0.2, 0.25) is 0 Å². The van der Waals surface area contributed by atoms with E-state index in [-0.39, 0.29) is 18.1 Å². The van der Waals surface area contributed by atoms with Gasteiger partial charge in [0.1, 0.15) is 16.9 Å². The van der Waals surface area contributed by atoms with Crippen LogP contribution in [0.2, 0.25) is 0 Å². The van der Waals surface area contributed by atoms with Crippen molar-refractivity contribution in [1.29, 1.82) is 0 Å². The maximum absolute atomic E-state index is 13.1. The number of hydrogen-bond acceptors (Lipinski definition) is 6. The zero-order chi connectivity index (χ0) is 25.5. The summed E-state index contributed by atoms with van der Waals surface area (Å²) in [6.07, 6.45) is 5.68. The van der Waals surface area contributed by atoms with Crippen LogP contribution in [-0.2, 0) is 6.54 Å². The smallest absolute Gasteiger partial charge is 0.252 e. The Labute approximate surface area is 218 Å². The molecule has 36 heavy (non-hydrogen) atoms. The molecular weight excluding hydrogens is 468 g/mol. The van der Waals surface area contributed by atoms with Crippen molar-refractivity contribution in [3.8, 4) is 16.3 Å². The number of rotatable bonds is 12. The third-order valence-corrected chi connectivity index (χ3v) is 7.78. The number of carbonyl (C=O) groups excluding carboxylic acids is 1. The minimum Gasteiger partial charge on any atom is -0.488 e. The predicted octanol–water partition coefficient (Wildman–Crippen LogP) is 5.63. The highest BCUT2D eigenvalue weighted by atomic mass is 32.1. The van der Waals surface area contributed by atoms with Crippen molar-refractivity contribution in [2.45, 2.75) is 71.7 Å². The van der Waals surface area contributed by atoms with Crippen molar-refractivity contribution in [3.05, 3.63) is 70.2 Å². The molecule has 0 bridgehead atoms. The second kappa shape index (κ2) is 12.5. The fourth-order valence-corrected chi connectivity index (χ4v) is 5.18. The highest BCUT2D eigenvalue weighted by Gasteiger charge is 2.20. The zero-order valence-electron chi connectivity index (χ0n) is 21.8. The summed E-state index contributed by atoms with van der Waals surface area (Å²) in [7, 11) is 0. The number of carbonyl (C=O) groups is 1. The molecule has 1 fully saturated rings. The molecule has 2 unspecified atom stereocenters. The van der Waals surface area contributed by atoms with Gasteiger partial charge in [0.15, 0.2) is 0 Å². The number of hydrogen-bond donors (Lipinski definition) is 3. The van der Waals surface area contributed by atoms with Crippen LogP contribution in [0.15, 0.2) is 48.7 Å². The molecule has 1 amide bonds. The minimum atomic E-state index is -0.141. The molecule has 7 heteroatoms. The Morgan fingerprint density at radius 3 is 2.78 bits per heavy atom. The van der Waals surface area contributed by atoms with Crippen LogP contribution in [0.4, 0.5) is 0 Å². The lowest BCUT2D eigenvalue weighted by molar-refractivity contribution is 0.0937. The number of aryl methyl sites for hydroxylation is 1. The van der Waals surface area contributed by atoms with Crippen LogP contribution in [0, 0.1) is 6.92 Å². The standard InChI is InChI=1S/C29H38N4O2S/c1-5-8-23(6-2)31-17-26-18-32-29(36-26)22-10-7-9-21(13-22)20(4)33-28(34)27-14-24(12-11-19(27)3)35-25-15-30-16-25/h7,9-14,18,20,23,25,30-31H,5-6,8,15-17H2,1-4H3,(H,33,34). The highest BCUT2D eigenvalue weighted by molar-refractivity contribution is 7.15. The zero-order valence-corrected chi connectivity index (χ0v) is 22.6. The van der Waals surface area contributed by atoms with Gasteiger partial charge in [0, 0.05) is 47.9 Å². The van der Waals surface area contributed by atoms with Gasteiger partial charge in [-0.2, -0.15) is 0 Å². The molecule has 3 aromatic rings. The number of amides is 1. The number of benzene rings is 2. The molecule has 0 aliphatic carbocycles. The summed E-state index contributed by atoms with van der Waals surface area (Å²) < 4.78 is 5.95. The maximum atomic E-state index is 13.1. The fourth-order valence-electron chi connectivity index (χ4n) is 4.32. The van der Waals surface area contributed by atoms with E-state index in [1.165, 1.54) is 17.7 Å².